The molecule has 0 saturated heterocycles. The number of nitrogens with zero attached hydrogens (tertiary/aromatic N) is 1. The van der Waals surface area contributed by atoms with Gasteiger partial charge in [-0.25, -0.2) is 13.4 Å². The number of Topliss-reactive ketones (excluding diaryl/α,β-unsaturated/α-hetero) is 1. The van der Waals surface area contributed by atoms with Gasteiger partial charge in [-0.1, -0.05) is 30.3 Å². The monoisotopic (exact) mass is 552 g/mol. The molecule has 1 N–H and O–H groups in total. The van der Waals surface area contributed by atoms with Gasteiger partial charge in [0, 0.05) is 22.8 Å². The second kappa shape index (κ2) is 13.1. The molecule has 0 saturated carbocycles. The standard InChI is InChI=1S/C24H26N2O5S3.H2S/c1-31-21-10-9-17(13-22(21)34(3,29)30)24(28)26-18(11-12-32-2)20(27)14-23-25-19(15-33-23)16-7-5-4-6-8-16;/h4-10,13,15,18H,11-12,14H2,1-3H3,(H,26,28);1H2/t18-;/m0./s1. The Bertz CT molecular complexity index is 1260. The van der Waals surface area contributed by atoms with Gasteiger partial charge < -0.3 is 10.1 Å². The van der Waals surface area contributed by atoms with Crippen molar-refractivity contribution in [1.82, 2.24) is 10.3 Å². The summed E-state index contributed by atoms with van der Waals surface area (Å²) in [6, 6.07) is 13.2. The van der Waals surface area contributed by atoms with E-state index in [1.807, 2.05) is 42.0 Å². The lowest BCUT2D eigenvalue weighted by molar-refractivity contribution is -0.120. The zero-order valence-corrected chi connectivity index (χ0v) is 23.1. The number of rotatable bonds is 11. The number of nitrogens with one attached hydrogen (secondary N) is 1. The number of carbonyl (C=O) groups is 2. The molecule has 2 aromatic carbocycles. The van der Waals surface area contributed by atoms with Crippen LogP contribution in [0.1, 0.15) is 21.8 Å². The van der Waals surface area contributed by atoms with Crippen molar-refractivity contribution in [3.8, 4) is 17.0 Å². The Labute approximate surface area is 221 Å². The average molecular weight is 553 g/mol. The molecule has 0 unspecified atom stereocenters. The van der Waals surface area contributed by atoms with Crippen molar-refractivity contribution in [2.75, 3.05) is 25.4 Å². The van der Waals surface area contributed by atoms with Crippen LogP contribution in [-0.2, 0) is 21.1 Å². The van der Waals surface area contributed by atoms with Gasteiger partial charge >= 0.3 is 0 Å². The van der Waals surface area contributed by atoms with Crippen LogP contribution < -0.4 is 10.1 Å². The maximum absolute atomic E-state index is 13.1. The van der Waals surface area contributed by atoms with Gasteiger partial charge in [0.25, 0.3) is 5.91 Å². The number of ketones is 1. The molecule has 0 aliphatic carbocycles. The summed E-state index contributed by atoms with van der Waals surface area (Å²) in [5, 5.41) is 5.37. The molecular formula is C24H28N2O5S4. The summed E-state index contributed by atoms with van der Waals surface area (Å²) in [5.74, 6) is 0.178. The predicted octanol–water partition coefficient (Wildman–Crippen LogP) is 4.00. The van der Waals surface area contributed by atoms with Crippen LogP contribution in [0.4, 0.5) is 0 Å². The zero-order chi connectivity index (χ0) is 24.7. The van der Waals surface area contributed by atoms with Crippen LogP contribution in [0.2, 0.25) is 0 Å². The van der Waals surface area contributed by atoms with Gasteiger partial charge in [-0.15, -0.1) is 11.3 Å². The fourth-order valence-electron chi connectivity index (χ4n) is 3.30. The molecule has 1 amide bonds. The number of sulfone groups is 1. The van der Waals surface area contributed by atoms with E-state index < -0.39 is 21.8 Å². The topological polar surface area (TPSA) is 102 Å². The molecule has 0 aliphatic heterocycles. The maximum atomic E-state index is 13.1. The molecule has 3 aromatic rings. The third-order valence-electron chi connectivity index (χ3n) is 5.08. The van der Waals surface area contributed by atoms with Crippen LogP contribution in [0, 0.1) is 0 Å². The lowest BCUT2D eigenvalue weighted by Gasteiger charge is -2.17. The summed E-state index contributed by atoms with van der Waals surface area (Å²) in [6.45, 7) is 0. The molecule has 1 atom stereocenters. The van der Waals surface area contributed by atoms with Gasteiger partial charge in [-0.05, 0) is 36.6 Å². The Morgan fingerprint density at radius 2 is 1.89 bits per heavy atom. The first kappa shape index (κ1) is 28.9. The first-order chi connectivity index (χ1) is 16.2. The second-order valence-electron chi connectivity index (χ2n) is 7.58. The van der Waals surface area contributed by atoms with Crippen LogP contribution in [0.5, 0.6) is 5.75 Å². The molecule has 0 spiro atoms. The van der Waals surface area contributed by atoms with Crippen molar-refractivity contribution in [2.45, 2.75) is 23.8 Å². The smallest absolute Gasteiger partial charge is 0.251 e. The number of hydrogen-bond donors (Lipinski definition) is 1. The number of carbonyl (C=O) groups excluding carboxylic acids is 2. The van der Waals surface area contributed by atoms with Crippen molar-refractivity contribution in [1.29, 1.82) is 0 Å². The minimum absolute atomic E-state index is 0. The summed E-state index contributed by atoms with van der Waals surface area (Å²) in [7, 11) is -2.24. The minimum Gasteiger partial charge on any atom is -0.495 e. The molecule has 3 rings (SSSR count). The highest BCUT2D eigenvalue weighted by molar-refractivity contribution is 7.98. The van der Waals surface area contributed by atoms with E-state index >= 15 is 0 Å². The Morgan fingerprint density at radius 3 is 2.51 bits per heavy atom. The van der Waals surface area contributed by atoms with Crippen LogP contribution in [0.3, 0.4) is 0 Å². The first-order valence-corrected chi connectivity index (χ1v) is 14.6. The lowest BCUT2D eigenvalue weighted by atomic mass is 10.1. The summed E-state index contributed by atoms with van der Waals surface area (Å²) in [4.78, 5) is 30.5. The SMILES string of the molecule is COc1ccc(C(=O)N[C@@H](CCSC)C(=O)Cc2nc(-c3ccccc3)cs2)cc1S(C)(=O)=O.S. The quantitative estimate of drug-likeness (QED) is 0.384. The number of aromatic nitrogens is 1. The molecule has 0 fully saturated rings. The lowest BCUT2D eigenvalue weighted by Crippen LogP contribution is -2.42. The fraction of sp³-hybridized carbons (Fsp3) is 0.292. The van der Waals surface area contributed by atoms with E-state index in [4.69, 9.17) is 4.74 Å². The van der Waals surface area contributed by atoms with Gasteiger partial charge in [0.05, 0.1) is 25.3 Å². The first-order valence-electron chi connectivity index (χ1n) is 10.4. The summed E-state index contributed by atoms with van der Waals surface area (Å²) in [6.07, 6.45) is 3.54. The molecule has 35 heavy (non-hydrogen) atoms. The average Bonchev–Trinajstić information content (AvgIpc) is 3.29. The molecule has 0 radical (unpaired) electrons. The molecule has 0 aliphatic rings. The number of thiazole rings is 1. The van der Waals surface area contributed by atoms with E-state index in [1.165, 1.54) is 36.6 Å². The van der Waals surface area contributed by atoms with Gasteiger partial charge in [-0.2, -0.15) is 25.3 Å². The third-order valence-corrected chi connectivity index (χ3v) is 7.69. The molecule has 7 nitrogen and oxygen atoms in total. The number of hydrogen-bond acceptors (Lipinski definition) is 8. The molecule has 11 heteroatoms. The van der Waals surface area contributed by atoms with Crippen molar-refractivity contribution in [3.63, 3.8) is 0 Å². The molecular weight excluding hydrogens is 525 g/mol. The second-order valence-corrected chi connectivity index (χ2v) is 11.5. The Morgan fingerprint density at radius 1 is 1.17 bits per heavy atom. The van der Waals surface area contributed by atoms with E-state index in [9.17, 15) is 18.0 Å². The van der Waals surface area contributed by atoms with Crippen LogP contribution in [-0.4, -0.2) is 56.5 Å². The number of benzene rings is 2. The van der Waals surface area contributed by atoms with Gasteiger partial charge in [-0.3, -0.25) is 9.59 Å². The minimum atomic E-state index is -3.60. The molecule has 188 valence electrons. The highest BCUT2D eigenvalue weighted by Gasteiger charge is 2.24. The number of ether oxygens (including phenoxy) is 1. The van der Waals surface area contributed by atoms with Crippen LogP contribution >= 0.6 is 36.6 Å². The summed E-state index contributed by atoms with van der Waals surface area (Å²) >= 11 is 2.98. The van der Waals surface area contributed by atoms with Crippen molar-refractivity contribution >= 4 is 58.1 Å². The summed E-state index contributed by atoms with van der Waals surface area (Å²) in [5.41, 5.74) is 1.93. The highest BCUT2D eigenvalue weighted by atomic mass is 32.2. The van der Waals surface area contributed by atoms with E-state index in [0.29, 0.717) is 17.2 Å². The van der Waals surface area contributed by atoms with E-state index in [-0.39, 0.29) is 41.9 Å². The van der Waals surface area contributed by atoms with Crippen LogP contribution in [0.25, 0.3) is 11.3 Å². The highest BCUT2D eigenvalue weighted by Crippen LogP contribution is 2.25. The Kier molecular flexibility index (Phi) is 10.8. The zero-order valence-electron chi connectivity index (χ0n) is 19.6. The van der Waals surface area contributed by atoms with Crippen molar-refractivity contribution in [3.05, 3.63) is 64.5 Å². The third kappa shape index (κ3) is 7.83. The van der Waals surface area contributed by atoms with Gasteiger partial charge in [0.15, 0.2) is 15.6 Å². The number of thioether (sulfide) groups is 1. The maximum Gasteiger partial charge on any atom is 0.251 e. The molecule has 0 bridgehead atoms. The number of methoxy groups -OCH3 is 1. The fourth-order valence-corrected chi connectivity index (χ4v) is 5.45. The normalized spacial score (nSPS) is 11.9. The molecule has 1 aromatic heterocycles. The summed E-state index contributed by atoms with van der Waals surface area (Å²) < 4.78 is 29.3. The van der Waals surface area contributed by atoms with Crippen LogP contribution in [0.15, 0.2) is 58.8 Å². The molecule has 1 heterocycles. The van der Waals surface area contributed by atoms with E-state index in [0.717, 1.165) is 17.5 Å². The van der Waals surface area contributed by atoms with Gasteiger partial charge in [0.2, 0.25) is 0 Å². The Hall–Kier alpha value is -2.34. The van der Waals surface area contributed by atoms with Crippen molar-refractivity contribution < 1.29 is 22.7 Å². The predicted molar refractivity (Wildman–Crippen MR) is 147 cm³/mol. The van der Waals surface area contributed by atoms with Gasteiger partial charge in [0.1, 0.15) is 15.7 Å². The Balaban J connectivity index is 0.00000432. The van der Waals surface area contributed by atoms with Crippen molar-refractivity contribution in [2.24, 2.45) is 0 Å². The van der Waals surface area contributed by atoms with E-state index in [1.54, 1.807) is 11.8 Å². The largest absolute Gasteiger partial charge is 0.495 e. The number of amides is 1. The van der Waals surface area contributed by atoms with E-state index in [2.05, 4.69) is 10.3 Å².